The molecule has 2 saturated heterocycles. The average molecular weight is 503 g/mol. The SMILES string of the molecule is NO.O=CC1(S(=O)(=O)N2CCC(Sc3ccc(SC(F)(F)F)cc3)CC2)CCOCC1. The van der Waals surface area contributed by atoms with Crippen molar-refractivity contribution in [3.05, 3.63) is 24.3 Å². The number of alkyl halides is 3. The molecule has 0 radical (unpaired) electrons. The Morgan fingerprint density at radius 2 is 1.61 bits per heavy atom. The second-order valence-corrected chi connectivity index (χ2v) is 11.8. The Balaban J connectivity index is 0.00000166. The lowest BCUT2D eigenvalue weighted by Crippen LogP contribution is -2.54. The topological polar surface area (TPSA) is 110 Å². The number of nitrogens with two attached hydrogens (primary N) is 1. The van der Waals surface area contributed by atoms with Gasteiger partial charge in [0.15, 0.2) is 0 Å². The fourth-order valence-electron chi connectivity index (χ4n) is 3.51. The highest BCUT2D eigenvalue weighted by Gasteiger charge is 2.49. The molecule has 0 aliphatic carbocycles. The predicted octanol–water partition coefficient (Wildman–Crippen LogP) is 3.27. The summed E-state index contributed by atoms with van der Waals surface area (Å²) in [4.78, 5) is 12.6. The summed E-state index contributed by atoms with van der Waals surface area (Å²) in [6.45, 7) is 1.18. The normalized spacial score (nSPS) is 20.5. The van der Waals surface area contributed by atoms with Crippen LogP contribution in [0.1, 0.15) is 25.7 Å². The molecule has 0 saturated carbocycles. The molecule has 0 aromatic heterocycles. The largest absolute Gasteiger partial charge is 0.446 e. The smallest absolute Gasteiger partial charge is 0.381 e. The molecule has 0 unspecified atom stereocenters. The van der Waals surface area contributed by atoms with E-state index in [1.54, 1.807) is 23.9 Å². The number of benzene rings is 1. The number of aldehydes is 1. The second kappa shape index (κ2) is 11.3. The van der Waals surface area contributed by atoms with E-state index in [0.717, 1.165) is 4.90 Å². The summed E-state index contributed by atoms with van der Waals surface area (Å²) in [5.41, 5.74) is -4.31. The maximum atomic E-state index is 13.0. The molecule has 3 rings (SSSR count). The van der Waals surface area contributed by atoms with Crippen LogP contribution in [0, 0.1) is 0 Å². The fourth-order valence-corrected chi connectivity index (χ4v) is 7.19. The molecule has 0 amide bonds. The molecule has 2 aliphatic rings. The van der Waals surface area contributed by atoms with Gasteiger partial charge >= 0.3 is 5.51 Å². The first-order chi connectivity index (χ1) is 14.7. The molecule has 3 N–H and O–H groups in total. The van der Waals surface area contributed by atoms with Crippen LogP contribution in [0.3, 0.4) is 0 Å². The van der Waals surface area contributed by atoms with Gasteiger partial charge in [0, 0.05) is 41.3 Å². The highest BCUT2D eigenvalue weighted by molar-refractivity contribution is 8.00. The second-order valence-electron chi connectivity index (χ2n) is 7.04. The van der Waals surface area contributed by atoms with Gasteiger partial charge in [-0.25, -0.2) is 18.6 Å². The highest BCUT2D eigenvalue weighted by atomic mass is 32.2. The van der Waals surface area contributed by atoms with E-state index < -0.39 is 20.3 Å². The van der Waals surface area contributed by atoms with Crippen molar-refractivity contribution in [1.29, 1.82) is 0 Å². The first-order valence-corrected chi connectivity index (χ1v) is 12.6. The van der Waals surface area contributed by atoms with Crippen molar-refractivity contribution in [3.63, 3.8) is 0 Å². The van der Waals surface area contributed by atoms with Crippen LogP contribution in [0.25, 0.3) is 0 Å². The van der Waals surface area contributed by atoms with Crippen LogP contribution in [-0.2, 0) is 19.6 Å². The lowest BCUT2D eigenvalue weighted by Gasteiger charge is -2.39. The Bertz CT molecular complexity index is 808. The van der Waals surface area contributed by atoms with Gasteiger partial charge in [0.25, 0.3) is 0 Å². The van der Waals surface area contributed by atoms with Gasteiger partial charge in [-0.2, -0.15) is 13.2 Å². The van der Waals surface area contributed by atoms with Gasteiger partial charge < -0.3 is 14.7 Å². The van der Waals surface area contributed by atoms with Crippen LogP contribution < -0.4 is 5.90 Å². The Hall–Kier alpha value is -0.830. The van der Waals surface area contributed by atoms with Crippen molar-refractivity contribution in [2.45, 2.75) is 51.0 Å². The number of nitrogens with zero attached hydrogens (tertiary/aromatic N) is 1. The van der Waals surface area contributed by atoms with E-state index in [1.165, 1.54) is 16.4 Å². The minimum absolute atomic E-state index is 0.137. The van der Waals surface area contributed by atoms with Crippen molar-refractivity contribution in [2.75, 3.05) is 26.3 Å². The van der Waals surface area contributed by atoms with Gasteiger partial charge in [0.1, 0.15) is 11.0 Å². The highest BCUT2D eigenvalue weighted by Crippen LogP contribution is 2.39. The van der Waals surface area contributed by atoms with Gasteiger partial charge in [-0.3, -0.25) is 0 Å². The molecule has 0 bridgehead atoms. The van der Waals surface area contributed by atoms with Crippen molar-refractivity contribution >= 4 is 39.8 Å². The molecule has 0 atom stereocenters. The summed E-state index contributed by atoms with van der Waals surface area (Å²) >= 11 is 1.40. The zero-order valence-electron chi connectivity index (χ0n) is 16.6. The molecule has 13 heteroatoms. The summed E-state index contributed by atoms with van der Waals surface area (Å²) in [7, 11) is -3.75. The van der Waals surface area contributed by atoms with Crippen LogP contribution in [-0.4, -0.2) is 66.0 Å². The maximum absolute atomic E-state index is 13.0. The predicted molar refractivity (Wildman–Crippen MR) is 113 cm³/mol. The Morgan fingerprint density at radius 1 is 1.10 bits per heavy atom. The van der Waals surface area contributed by atoms with Gasteiger partial charge in [0.05, 0.1) is 0 Å². The third-order valence-electron chi connectivity index (χ3n) is 5.17. The molecule has 31 heavy (non-hydrogen) atoms. The van der Waals surface area contributed by atoms with Crippen LogP contribution in [0.15, 0.2) is 34.1 Å². The zero-order chi connectivity index (χ0) is 23.1. The first-order valence-electron chi connectivity index (χ1n) is 9.47. The van der Waals surface area contributed by atoms with Gasteiger partial charge in [0.2, 0.25) is 10.0 Å². The molecular formula is C18H25F3N2O5S3. The van der Waals surface area contributed by atoms with Crippen LogP contribution in [0.5, 0.6) is 0 Å². The van der Waals surface area contributed by atoms with E-state index in [-0.39, 0.29) is 48.0 Å². The number of piperidine rings is 1. The number of hydrogen-bond donors (Lipinski definition) is 2. The summed E-state index contributed by atoms with van der Waals surface area (Å²) in [5, 5.41) is 6.67. The lowest BCUT2D eigenvalue weighted by atomic mass is 10.0. The van der Waals surface area contributed by atoms with Crippen LogP contribution in [0.4, 0.5) is 13.2 Å². The van der Waals surface area contributed by atoms with Gasteiger partial charge in [-0.05, 0) is 61.7 Å². The van der Waals surface area contributed by atoms with E-state index >= 15 is 0 Å². The van der Waals surface area contributed by atoms with E-state index in [4.69, 9.17) is 9.94 Å². The quantitative estimate of drug-likeness (QED) is 0.347. The number of carbonyl (C=O) groups is 1. The standard InChI is InChI=1S/C18H22F3NO4S3.H3NO/c19-18(20,21)28-16-3-1-14(2-4-16)27-15-5-9-22(10-6-15)29(24,25)17(13-23)7-11-26-12-8-17;1-2/h1-4,13,15H,5-12H2;2H,1H2. The van der Waals surface area contributed by atoms with Crippen molar-refractivity contribution in [2.24, 2.45) is 5.90 Å². The van der Waals surface area contributed by atoms with Crippen molar-refractivity contribution < 1.29 is 36.3 Å². The molecule has 2 heterocycles. The number of rotatable bonds is 6. The Labute approximate surface area is 187 Å². The summed E-state index contributed by atoms with van der Waals surface area (Å²) in [6, 6.07) is 6.20. The first kappa shape index (κ1) is 26.4. The van der Waals surface area contributed by atoms with Crippen LogP contribution in [0.2, 0.25) is 0 Å². The van der Waals surface area contributed by atoms with Gasteiger partial charge in [-0.1, -0.05) is 0 Å². The van der Waals surface area contributed by atoms with Crippen LogP contribution >= 0.6 is 23.5 Å². The number of sulfonamides is 1. The molecule has 7 nitrogen and oxygen atoms in total. The third-order valence-corrected chi connectivity index (χ3v) is 9.83. The Morgan fingerprint density at radius 3 is 2.10 bits per heavy atom. The molecule has 0 spiro atoms. The number of carbonyl (C=O) groups excluding carboxylic acids is 1. The molecule has 176 valence electrons. The van der Waals surface area contributed by atoms with E-state index in [9.17, 15) is 26.4 Å². The van der Waals surface area contributed by atoms with Crippen molar-refractivity contribution in [1.82, 2.24) is 4.31 Å². The van der Waals surface area contributed by atoms with E-state index in [1.807, 2.05) is 0 Å². The lowest BCUT2D eigenvalue weighted by molar-refractivity contribution is -0.112. The number of ether oxygens (including phenoxy) is 1. The Kier molecular flexibility index (Phi) is 9.67. The molecule has 1 aromatic rings. The minimum atomic E-state index is -4.31. The zero-order valence-corrected chi connectivity index (χ0v) is 19.0. The number of halogens is 3. The molecular weight excluding hydrogens is 477 g/mol. The summed E-state index contributed by atoms with van der Waals surface area (Å²) < 4.78 is 68.6. The maximum Gasteiger partial charge on any atom is 0.446 e. The monoisotopic (exact) mass is 502 g/mol. The fraction of sp³-hybridized carbons (Fsp3) is 0.611. The molecule has 2 aliphatic heterocycles. The van der Waals surface area contributed by atoms with Gasteiger partial charge in [-0.15, -0.1) is 11.8 Å². The third kappa shape index (κ3) is 6.83. The number of thioether (sulfide) groups is 2. The minimum Gasteiger partial charge on any atom is -0.381 e. The average Bonchev–Trinajstić information content (AvgIpc) is 2.76. The number of hydrogen-bond acceptors (Lipinski definition) is 8. The molecule has 2 fully saturated rings. The van der Waals surface area contributed by atoms with E-state index in [2.05, 4.69) is 5.90 Å². The molecule has 1 aromatic carbocycles. The summed E-state index contributed by atoms with van der Waals surface area (Å²) in [6.07, 6.45) is 2.15. The van der Waals surface area contributed by atoms with E-state index in [0.29, 0.717) is 32.2 Å². The van der Waals surface area contributed by atoms with Crippen molar-refractivity contribution in [3.8, 4) is 0 Å². The summed E-state index contributed by atoms with van der Waals surface area (Å²) in [5.74, 6) is 3.50.